The second-order valence-corrected chi connectivity index (χ2v) is 5.94. The normalized spacial score (nSPS) is 12.3. The molecule has 0 saturated heterocycles. The van der Waals surface area contributed by atoms with Gasteiger partial charge < -0.3 is 19.5 Å². The summed E-state index contributed by atoms with van der Waals surface area (Å²) in [5.74, 6) is -0.228. The van der Waals surface area contributed by atoms with Crippen LogP contribution in [0.25, 0.3) is 0 Å². The number of carbonyl (C=O) groups is 2. The molecule has 10 heteroatoms. The third-order valence-electron chi connectivity index (χ3n) is 3.13. The van der Waals surface area contributed by atoms with E-state index in [2.05, 4.69) is 5.32 Å². The molecule has 1 aromatic heterocycles. The molecule has 1 aliphatic heterocycles. The van der Waals surface area contributed by atoms with Crippen molar-refractivity contribution in [3.8, 4) is 11.5 Å². The summed E-state index contributed by atoms with van der Waals surface area (Å²) in [5, 5.41) is 13.0. The molecule has 0 saturated carbocycles. The van der Waals surface area contributed by atoms with Crippen LogP contribution in [0.5, 0.6) is 11.5 Å². The van der Waals surface area contributed by atoms with E-state index in [9.17, 15) is 19.7 Å². The van der Waals surface area contributed by atoms with Crippen molar-refractivity contribution in [1.29, 1.82) is 0 Å². The molecule has 2 heterocycles. The quantitative estimate of drug-likeness (QED) is 0.491. The molecule has 1 aliphatic rings. The van der Waals surface area contributed by atoms with E-state index in [0.717, 1.165) is 0 Å². The van der Waals surface area contributed by atoms with E-state index in [4.69, 9.17) is 14.2 Å². The maximum absolute atomic E-state index is 11.9. The standard InChI is InChI=1S/C15H12N2O7S/c18-13(8-24-15(19)12-3-4-14(25-12)17(20)21)16-9-1-2-10-11(7-9)23-6-5-22-10/h1-4,7H,5-6,8H2,(H,16,18). The number of rotatable bonds is 5. The number of amides is 1. The van der Waals surface area contributed by atoms with Crippen molar-refractivity contribution < 1.29 is 28.7 Å². The van der Waals surface area contributed by atoms with E-state index in [1.54, 1.807) is 18.2 Å². The van der Waals surface area contributed by atoms with Crippen LogP contribution < -0.4 is 14.8 Å². The molecular weight excluding hydrogens is 352 g/mol. The minimum Gasteiger partial charge on any atom is -0.486 e. The Morgan fingerprint density at radius 2 is 1.96 bits per heavy atom. The number of fused-ring (bicyclic) bond motifs is 1. The zero-order valence-corrected chi connectivity index (χ0v) is 13.5. The van der Waals surface area contributed by atoms with Gasteiger partial charge in [0.2, 0.25) is 0 Å². The van der Waals surface area contributed by atoms with Gasteiger partial charge in [-0.3, -0.25) is 14.9 Å². The Bertz CT molecular complexity index is 833. The first-order valence-electron chi connectivity index (χ1n) is 7.14. The number of benzene rings is 1. The summed E-state index contributed by atoms with van der Waals surface area (Å²) in [6.45, 7) is 0.378. The van der Waals surface area contributed by atoms with E-state index in [0.29, 0.717) is 41.7 Å². The van der Waals surface area contributed by atoms with Crippen molar-refractivity contribution in [2.24, 2.45) is 0 Å². The highest BCUT2D eigenvalue weighted by Crippen LogP contribution is 2.32. The Morgan fingerprint density at radius 1 is 1.20 bits per heavy atom. The van der Waals surface area contributed by atoms with Gasteiger partial charge in [-0.1, -0.05) is 11.3 Å². The Balaban J connectivity index is 1.54. The number of carbonyl (C=O) groups excluding carboxylic acids is 2. The lowest BCUT2D eigenvalue weighted by Gasteiger charge is -2.18. The summed E-state index contributed by atoms with van der Waals surface area (Å²) < 4.78 is 15.6. The smallest absolute Gasteiger partial charge is 0.349 e. The molecule has 0 fully saturated rings. The molecule has 0 aliphatic carbocycles. The molecule has 1 amide bonds. The Hall–Kier alpha value is -3.14. The molecule has 2 aromatic rings. The van der Waals surface area contributed by atoms with Crippen molar-refractivity contribution in [3.63, 3.8) is 0 Å². The monoisotopic (exact) mass is 364 g/mol. The molecule has 0 bridgehead atoms. The fourth-order valence-corrected chi connectivity index (χ4v) is 2.77. The van der Waals surface area contributed by atoms with E-state index >= 15 is 0 Å². The van der Waals surface area contributed by atoms with Gasteiger partial charge in [0, 0.05) is 17.8 Å². The molecule has 1 N–H and O–H groups in total. The Kier molecular flexibility index (Phi) is 4.80. The summed E-state index contributed by atoms with van der Waals surface area (Å²) in [5.41, 5.74) is 0.470. The second kappa shape index (κ2) is 7.18. The Labute approximate surface area is 145 Å². The lowest BCUT2D eigenvalue weighted by Crippen LogP contribution is -2.21. The number of nitrogens with zero attached hydrogens (tertiary/aromatic N) is 1. The first kappa shape index (κ1) is 16.7. The lowest BCUT2D eigenvalue weighted by atomic mass is 10.2. The predicted molar refractivity (Wildman–Crippen MR) is 87.3 cm³/mol. The number of ether oxygens (including phenoxy) is 3. The van der Waals surface area contributed by atoms with Crippen LogP contribution in [0.1, 0.15) is 9.67 Å². The van der Waals surface area contributed by atoms with Crippen molar-refractivity contribution in [1.82, 2.24) is 0 Å². The highest BCUT2D eigenvalue weighted by molar-refractivity contribution is 7.17. The van der Waals surface area contributed by atoms with Crippen LogP contribution in [0, 0.1) is 10.1 Å². The summed E-state index contributed by atoms with van der Waals surface area (Å²) in [7, 11) is 0. The maximum atomic E-state index is 11.9. The molecule has 130 valence electrons. The molecular formula is C15H12N2O7S. The largest absolute Gasteiger partial charge is 0.486 e. The SMILES string of the molecule is O=C(COC(=O)c1ccc([N+](=O)[O-])s1)Nc1ccc2c(c1)OCCO2. The van der Waals surface area contributed by atoms with Gasteiger partial charge in [0.05, 0.1) is 4.92 Å². The van der Waals surface area contributed by atoms with Crippen molar-refractivity contribution >= 4 is 33.9 Å². The number of hydrogen-bond acceptors (Lipinski definition) is 8. The Morgan fingerprint density at radius 3 is 2.68 bits per heavy atom. The second-order valence-electron chi connectivity index (χ2n) is 4.88. The summed E-state index contributed by atoms with van der Waals surface area (Å²) in [6.07, 6.45) is 0. The van der Waals surface area contributed by atoms with Crippen molar-refractivity contribution in [3.05, 3.63) is 45.3 Å². The molecule has 9 nitrogen and oxygen atoms in total. The van der Waals surface area contributed by atoms with Crippen LogP contribution in [0.3, 0.4) is 0 Å². The lowest BCUT2D eigenvalue weighted by molar-refractivity contribution is -0.380. The average Bonchev–Trinajstić information content (AvgIpc) is 3.10. The first-order chi connectivity index (χ1) is 12.0. The van der Waals surface area contributed by atoms with E-state index < -0.39 is 23.4 Å². The van der Waals surface area contributed by atoms with Gasteiger partial charge >= 0.3 is 11.0 Å². The summed E-state index contributed by atoms with van der Waals surface area (Å²) >= 11 is 0.684. The summed E-state index contributed by atoms with van der Waals surface area (Å²) in [6, 6.07) is 7.40. The maximum Gasteiger partial charge on any atom is 0.349 e. The molecule has 0 spiro atoms. The van der Waals surface area contributed by atoms with Gasteiger partial charge in [-0.2, -0.15) is 0 Å². The van der Waals surface area contributed by atoms with Crippen LogP contribution >= 0.6 is 11.3 Å². The highest BCUT2D eigenvalue weighted by Gasteiger charge is 2.18. The molecule has 0 unspecified atom stereocenters. The third-order valence-corrected chi connectivity index (χ3v) is 4.15. The predicted octanol–water partition coefficient (Wildman–Crippen LogP) is 2.22. The fourth-order valence-electron chi connectivity index (χ4n) is 2.06. The zero-order chi connectivity index (χ0) is 17.8. The van der Waals surface area contributed by atoms with Gasteiger partial charge in [0.25, 0.3) is 5.91 Å². The van der Waals surface area contributed by atoms with Crippen LogP contribution in [-0.4, -0.2) is 36.6 Å². The molecule has 0 radical (unpaired) electrons. The van der Waals surface area contributed by atoms with Crippen LogP contribution in [-0.2, 0) is 9.53 Å². The van der Waals surface area contributed by atoms with Crippen molar-refractivity contribution in [2.75, 3.05) is 25.1 Å². The summed E-state index contributed by atoms with van der Waals surface area (Å²) in [4.78, 5) is 33.7. The van der Waals surface area contributed by atoms with Gasteiger partial charge in [-0.15, -0.1) is 0 Å². The number of esters is 1. The minimum absolute atomic E-state index is 0.0545. The van der Waals surface area contributed by atoms with Crippen LogP contribution in [0.2, 0.25) is 0 Å². The first-order valence-corrected chi connectivity index (χ1v) is 7.95. The number of thiophene rings is 1. The van der Waals surface area contributed by atoms with Crippen LogP contribution in [0.15, 0.2) is 30.3 Å². The van der Waals surface area contributed by atoms with Crippen molar-refractivity contribution in [2.45, 2.75) is 0 Å². The third kappa shape index (κ3) is 4.04. The molecule has 25 heavy (non-hydrogen) atoms. The minimum atomic E-state index is -0.796. The zero-order valence-electron chi connectivity index (χ0n) is 12.7. The number of nitro groups is 1. The number of anilines is 1. The van der Waals surface area contributed by atoms with Crippen LogP contribution in [0.4, 0.5) is 10.7 Å². The number of hydrogen-bond donors (Lipinski definition) is 1. The molecule has 3 rings (SSSR count). The fraction of sp³-hybridized carbons (Fsp3) is 0.200. The van der Waals surface area contributed by atoms with Gasteiger partial charge in [0.1, 0.15) is 18.1 Å². The molecule has 0 atom stereocenters. The van der Waals surface area contributed by atoms with E-state index in [1.807, 2.05) is 0 Å². The van der Waals surface area contributed by atoms with Gasteiger partial charge in [-0.05, 0) is 18.2 Å². The van der Waals surface area contributed by atoms with E-state index in [-0.39, 0.29) is 9.88 Å². The van der Waals surface area contributed by atoms with Gasteiger partial charge in [0.15, 0.2) is 18.1 Å². The topological polar surface area (TPSA) is 117 Å². The molecule has 1 aromatic carbocycles. The average molecular weight is 364 g/mol. The van der Waals surface area contributed by atoms with Gasteiger partial charge in [-0.25, -0.2) is 4.79 Å². The number of nitrogens with one attached hydrogen (secondary N) is 1. The van der Waals surface area contributed by atoms with E-state index in [1.165, 1.54) is 12.1 Å². The highest BCUT2D eigenvalue weighted by atomic mass is 32.1.